The van der Waals surface area contributed by atoms with E-state index in [2.05, 4.69) is 15.0 Å². The Morgan fingerprint density at radius 2 is 2.16 bits per heavy atom. The SMILES string of the molecule is CN1C(N)=N[C@](C)(c2cc3[nH]c(CC4CC4)nc3cc2F)CS1(=O)=O. The van der Waals surface area contributed by atoms with Gasteiger partial charge in [-0.15, -0.1) is 0 Å². The Bertz CT molecular complexity index is 995. The summed E-state index contributed by atoms with van der Waals surface area (Å²) in [6.45, 7) is 1.58. The van der Waals surface area contributed by atoms with Gasteiger partial charge < -0.3 is 10.7 Å². The first-order valence-corrected chi connectivity index (χ1v) is 9.79. The fraction of sp³-hybridized carbons (Fsp3) is 0.500. The number of benzene rings is 1. The number of fused-ring (bicyclic) bond motifs is 1. The summed E-state index contributed by atoms with van der Waals surface area (Å²) in [4.78, 5) is 11.9. The van der Waals surface area contributed by atoms with Crippen molar-refractivity contribution in [3.8, 4) is 0 Å². The largest absolute Gasteiger partial charge is 0.369 e. The monoisotopic (exact) mass is 365 g/mol. The van der Waals surface area contributed by atoms with Crippen LogP contribution in [-0.4, -0.2) is 41.5 Å². The fourth-order valence-electron chi connectivity index (χ4n) is 3.28. The van der Waals surface area contributed by atoms with Crippen LogP contribution >= 0.6 is 0 Å². The molecule has 2 aromatic rings. The molecular formula is C16H20FN5O2S. The molecule has 1 saturated carbocycles. The van der Waals surface area contributed by atoms with Crippen LogP contribution in [0.2, 0.25) is 0 Å². The van der Waals surface area contributed by atoms with E-state index >= 15 is 0 Å². The third kappa shape index (κ3) is 2.76. The second-order valence-electron chi connectivity index (χ2n) is 7.15. The van der Waals surface area contributed by atoms with Crippen LogP contribution in [0.5, 0.6) is 0 Å². The molecule has 0 spiro atoms. The number of halogens is 1. The van der Waals surface area contributed by atoms with Crippen molar-refractivity contribution >= 4 is 27.0 Å². The molecule has 7 nitrogen and oxygen atoms in total. The molecule has 3 N–H and O–H groups in total. The minimum absolute atomic E-state index is 0.146. The molecule has 134 valence electrons. The topological polar surface area (TPSA) is 104 Å². The lowest BCUT2D eigenvalue weighted by atomic mass is 9.93. The highest BCUT2D eigenvalue weighted by atomic mass is 32.2. The van der Waals surface area contributed by atoms with E-state index < -0.39 is 21.4 Å². The lowest BCUT2D eigenvalue weighted by Crippen LogP contribution is -2.50. The van der Waals surface area contributed by atoms with E-state index in [0.717, 1.165) is 16.6 Å². The molecule has 1 aliphatic heterocycles. The number of aliphatic imine (C=N–C) groups is 1. The zero-order chi connectivity index (χ0) is 18.0. The Balaban J connectivity index is 1.81. The van der Waals surface area contributed by atoms with Gasteiger partial charge in [-0.25, -0.2) is 27.1 Å². The Labute approximate surface area is 145 Å². The Hall–Kier alpha value is -2.16. The highest BCUT2D eigenvalue weighted by Gasteiger charge is 2.42. The molecular weight excluding hydrogens is 345 g/mol. The summed E-state index contributed by atoms with van der Waals surface area (Å²) >= 11 is 0. The molecule has 1 atom stereocenters. The van der Waals surface area contributed by atoms with Gasteiger partial charge in [-0.05, 0) is 31.7 Å². The van der Waals surface area contributed by atoms with E-state index in [1.54, 1.807) is 13.0 Å². The molecule has 4 rings (SSSR count). The van der Waals surface area contributed by atoms with Gasteiger partial charge in [-0.3, -0.25) is 0 Å². The van der Waals surface area contributed by atoms with Crippen molar-refractivity contribution in [2.75, 3.05) is 12.8 Å². The minimum atomic E-state index is -3.65. The zero-order valence-electron chi connectivity index (χ0n) is 14.1. The molecule has 9 heteroatoms. The standard InChI is InChI=1S/C16H20FN5O2S/c1-16(8-25(23,24)22(2)15(18)21-16)10-6-12-13(7-11(10)17)20-14(19-12)5-9-3-4-9/h6-7,9H,3-5,8H2,1-2H3,(H2,18,21)(H,19,20)/t16-/m0/s1. The van der Waals surface area contributed by atoms with Crippen molar-refractivity contribution in [1.82, 2.24) is 14.3 Å². The number of hydrogen-bond acceptors (Lipinski definition) is 5. The number of nitrogens with zero attached hydrogens (tertiary/aromatic N) is 3. The molecule has 25 heavy (non-hydrogen) atoms. The van der Waals surface area contributed by atoms with Gasteiger partial charge in [0.15, 0.2) is 0 Å². The van der Waals surface area contributed by atoms with Crippen molar-refractivity contribution in [2.45, 2.75) is 31.7 Å². The number of imidazole rings is 1. The van der Waals surface area contributed by atoms with Gasteiger partial charge in [0.25, 0.3) is 0 Å². The van der Waals surface area contributed by atoms with Gasteiger partial charge in [0, 0.05) is 25.1 Å². The van der Waals surface area contributed by atoms with Crippen LogP contribution < -0.4 is 5.73 Å². The lowest BCUT2D eigenvalue weighted by Gasteiger charge is -2.34. The number of rotatable bonds is 3. The van der Waals surface area contributed by atoms with Crippen LogP contribution in [0.1, 0.15) is 31.2 Å². The number of guanidine groups is 1. The maximum Gasteiger partial charge on any atom is 0.239 e. The van der Waals surface area contributed by atoms with Gasteiger partial charge in [0.2, 0.25) is 16.0 Å². The molecule has 1 aromatic carbocycles. The maximum atomic E-state index is 14.7. The Morgan fingerprint density at radius 3 is 2.80 bits per heavy atom. The number of aromatic amines is 1. The molecule has 0 radical (unpaired) electrons. The van der Waals surface area contributed by atoms with Crippen LogP contribution in [0.15, 0.2) is 17.1 Å². The highest BCUT2D eigenvalue weighted by molar-refractivity contribution is 7.89. The van der Waals surface area contributed by atoms with Crippen molar-refractivity contribution in [1.29, 1.82) is 0 Å². The van der Waals surface area contributed by atoms with Crippen LogP contribution in [0.25, 0.3) is 11.0 Å². The van der Waals surface area contributed by atoms with Crippen LogP contribution in [0.3, 0.4) is 0 Å². The summed E-state index contributed by atoms with van der Waals surface area (Å²) in [5, 5.41) is 0. The summed E-state index contributed by atoms with van der Waals surface area (Å²) in [5.41, 5.74) is 5.88. The quantitative estimate of drug-likeness (QED) is 0.859. The first-order chi connectivity index (χ1) is 11.7. The van der Waals surface area contributed by atoms with E-state index in [1.807, 2.05) is 0 Å². The van der Waals surface area contributed by atoms with E-state index in [9.17, 15) is 12.8 Å². The summed E-state index contributed by atoms with van der Waals surface area (Å²) in [7, 11) is -2.31. The van der Waals surface area contributed by atoms with Gasteiger partial charge >= 0.3 is 0 Å². The fourth-order valence-corrected chi connectivity index (χ4v) is 4.73. The van der Waals surface area contributed by atoms with Crippen LogP contribution in [0.4, 0.5) is 4.39 Å². The average molecular weight is 365 g/mol. The zero-order valence-corrected chi connectivity index (χ0v) is 14.9. The van der Waals surface area contributed by atoms with Crippen molar-refractivity contribution < 1.29 is 12.8 Å². The van der Waals surface area contributed by atoms with E-state index in [4.69, 9.17) is 5.73 Å². The Kier molecular flexibility index (Phi) is 3.37. The molecule has 2 aliphatic rings. The second kappa shape index (κ2) is 5.17. The van der Waals surface area contributed by atoms with Gasteiger partial charge in [-0.2, -0.15) is 0 Å². The minimum Gasteiger partial charge on any atom is -0.369 e. The summed E-state index contributed by atoms with van der Waals surface area (Å²) in [6.07, 6.45) is 3.26. The van der Waals surface area contributed by atoms with Gasteiger partial charge in [-0.1, -0.05) is 0 Å². The summed E-state index contributed by atoms with van der Waals surface area (Å²) in [5.74, 6) is 0.468. The highest BCUT2D eigenvalue weighted by Crippen LogP contribution is 2.36. The van der Waals surface area contributed by atoms with Crippen LogP contribution in [0, 0.1) is 11.7 Å². The number of hydrogen-bond donors (Lipinski definition) is 2. The number of aromatic nitrogens is 2. The molecule has 1 aromatic heterocycles. The van der Waals surface area contributed by atoms with Crippen molar-refractivity contribution in [3.05, 3.63) is 29.3 Å². The molecule has 2 heterocycles. The summed E-state index contributed by atoms with van der Waals surface area (Å²) < 4.78 is 40.3. The first kappa shape index (κ1) is 16.3. The third-order valence-corrected chi connectivity index (χ3v) is 6.89. The predicted octanol–water partition coefficient (Wildman–Crippen LogP) is 1.46. The second-order valence-corrected chi connectivity index (χ2v) is 9.15. The third-order valence-electron chi connectivity index (χ3n) is 4.94. The predicted molar refractivity (Wildman–Crippen MR) is 93.0 cm³/mol. The average Bonchev–Trinajstić information content (AvgIpc) is 3.22. The Morgan fingerprint density at radius 1 is 1.44 bits per heavy atom. The lowest BCUT2D eigenvalue weighted by molar-refractivity contribution is 0.458. The number of nitrogens with one attached hydrogen (secondary N) is 1. The number of H-pyrrole nitrogens is 1. The van der Waals surface area contributed by atoms with Gasteiger partial charge in [0.1, 0.15) is 17.2 Å². The molecule has 1 aliphatic carbocycles. The smallest absolute Gasteiger partial charge is 0.239 e. The molecule has 0 unspecified atom stereocenters. The molecule has 0 amide bonds. The van der Waals surface area contributed by atoms with Gasteiger partial charge in [0.05, 0.1) is 16.8 Å². The van der Waals surface area contributed by atoms with E-state index in [-0.39, 0.29) is 17.3 Å². The van der Waals surface area contributed by atoms with Crippen LogP contribution in [-0.2, 0) is 22.0 Å². The first-order valence-electron chi connectivity index (χ1n) is 8.18. The van der Waals surface area contributed by atoms with E-state index in [1.165, 1.54) is 26.0 Å². The number of nitrogens with two attached hydrogens (primary N) is 1. The molecule has 0 saturated heterocycles. The molecule has 1 fully saturated rings. The molecule has 0 bridgehead atoms. The normalized spacial score (nSPS) is 26.0. The van der Waals surface area contributed by atoms with Crippen molar-refractivity contribution in [3.63, 3.8) is 0 Å². The van der Waals surface area contributed by atoms with E-state index in [0.29, 0.717) is 17.0 Å². The summed E-state index contributed by atoms with van der Waals surface area (Å²) in [6, 6.07) is 2.94. The van der Waals surface area contributed by atoms with Crippen molar-refractivity contribution in [2.24, 2.45) is 16.6 Å². The maximum absolute atomic E-state index is 14.7. The number of sulfonamides is 1.